The first-order valence-corrected chi connectivity index (χ1v) is 8.21. The Hall–Kier alpha value is -2.32. The van der Waals surface area contributed by atoms with Gasteiger partial charge in [0.15, 0.2) is 5.13 Å². The van der Waals surface area contributed by atoms with Crippen LogP contribution in [-0.4, -0.2) is 42.0 Å². The summed E-state index contributed by atoms with van der Waals surface area (Å²) in [5.74, 6) is 5.59. The molecule has 0 spiro atoms. The van der Waals surface area contributed by atoms with Crippen molar-refractivity contribution in [1.82, 2.24) is 9.88 Å². The lowest BCUT2D eigenvalue weighted by Crippen LogP contribution is -2.34. The third kappa shape index (κ3) is 3.66. The molecule has 1 saturated heterocycles. The minimum atomic E-state index is -0.0927. The van der Waals surface area contributed by atoms with Crippen LogP contribution in [0, 0.1) is 11.8 Å². The van der Waals surface area contributed by atoms with Gasteiger partial charge in [-0.3, -0.25) is 4.79 Å². The maximum atomic E-state index is 12.2. The molecule has 0 aliphatic carbocycles. The molecule has 1 fully saturated rings. The fourth-order valence-corrected chi connectivity index (χ4v) is 3.11. The summed E-state index contributed by atoms with van der Waals surface area (Å²) in [6.07, 6.45) is 2.76. The van der Waals surface area contributed by atoms with Gasteiger partial charge in [-0.1, -0.05) is 24.1 Å². The fourth-order valence-electron chi connectivity index (χ4n) is 2.41. The Bertz CT molecular complexity index is 673. The monoisotopic (exact) mass is 311 g/mol. The van der Waals surface area contributed by atoms with Gasteiger partial charge in [-0.15, -0.1) is 11.3 Å². The largest absolute Gasteiger partial charge is 0.346 e. The first-order valence-electron chi connectivity index (χ1n) is 7.33. The summed E-state index contributed by atoms with van der Waals surface area (Å²) < 4.78 is 0. The zero-order valence-electron chi connectivity index (χ0n) is 12.2. The highest BCUT2D eigenvalue weighted by Crippen LogP contribution is 2.18. The molecule has 0 N–H and O–H groups in total. The van der Waals surface area contributed by atoms with Crippen molar-refractivity contribution in [1.29, 1.82) is 0 Å². The number of amides is 1. The number of hydrogen-bond acceptors (Lipinski definition) is 4. The summed E-state index contributed by atoms with van der Waals surface area (Å²) in [5.41, 5.74) is 0.870. The van der Waals surface area contributed by atoms with E-state index in [0.29, 0.717) is 6.54 Å². The summed E-state index contributed by atoms with van der Waals surface area (Å²) in [4.78, 5) is 20.7. The highest BCUT2D eigenvalue weighted by Gasteiger charge is 2.19. The number of rotatable bonds is 1. The van der Waals surface area contributed by atoms with Gasteiger partial charge in [0.25, 0.3) is 5.91 Å². The molecule has 2 heterocycles. The third-order valence-electron chi connectivity index (χ3n) is 3.56. The van der Waals surface area contributed by atoms with Crippen LogP contribution >= 0.6 is 11.3 Å². The number of anilines is 1. The summed E-state index contributed by atoms with van der Waals surface area (Å²) >= 11 is 1.64. The van der Waals surface area contributed by atoms with Crippen molar-refractivity contribution in [3.05, 3.63) is 47.5 Å². The van der Waals surface area contributed by atoms with Crippen LogP contribution in [0.2, 0.25) is 0 Å². The van der Waals surface area contributed by atoms with E-state index in [1.807, 2.05) is 46.8 Å². The van der Waals surface area contributed by atoms with E-state index < -0.39 is 0 Å². The number of hydrogen-bond donors (Lipinski definition) is 0. The number of benzene rings is 1. The molecule has 2 aromatic rings. The van der Waals surface area contributed by atoms with E-state index in [4.69, 9.17) is 0 Å². The van der Waals surface area contributed by atoms with E-state index >= 15 is 0 Å². The number of nitrogens with zero attached hydrogens (tertiary/aromatic N) is 3. The number of carbonyl (C=O) groups excluding carboxylic acids is 1. The molecule has 1 aromatic heterocycles. The molecular weight excluding hydrogens is 294 g/mol. The number of carbonyl (C=O) groups is 1. The molecule has 1 amide bonds. The van der Waals surface area contributed by atoms with Gasteiger partial charge in [-0.2, -0.15) is 0 Å². The lowest BCUT2D eigenvalue weighted by Gasteiger charge is -2.19. The van der Waals surface area contributed by atoms with Crippen molar-refractivity contribution in [3.63, 3.8) is 0 Å². The maximum absolute atomic E-state index is 12.2. The Balaban J connectivity index is 1.61. The molecule has 0 unspecified atom stereocenters. The number of thiazole rings is 1. The predicted octanol–water partition coefficient (Wildman–Crippen LogP) is 2.23. The molecule has 0 radical (unpaired) electrons. The second-order valence-corrected chi connectivity index (χ2v) is 5.94. The highest BCUT2D eigenvalue weighted by atomic mass is 32.1. The topological polar surface area (TPSA) is 36.4 Å². The highest BCUT2D eigenvalue weighted by molar-refractivity contribution is 7.13. The van der Waals surface area contributed by atoms with Crippen molar-refractivity contribution in [2.45, 2.75) is 6.42 Å². The minimum Gasteiger partial charge on any atom is -0.346 e. The zero-order valence-corrected chi connectivity index (χ0v) is 13.1. The maximum Gasteiger partial charge on any atom is 0.298 e. The van der Waals surface area contributed by atoms with E-state index in [1.54, 1.807) is 11.3 Å². The van der Waals surface area contributed by atoms with E-state index in [2.05, 4.69) is 21.7 Å². The average Bonchev–Trinajstić information content (AvgIpc) is 2.98. The Labute approximate surface area is 134 Å². The van der Waals surface area contributed by atoms with Crippen molar-refractivity contribution in [2.75, 3.05) is 31.1 Å². The molecule has 0 atom stereocenters. The summed E-state index contributed by atoms with van der Waals surface area (Å²) in [7, 11) is 0. The molecule has 0 saturated carbocycles. The molecule has 0 bridgehead atoms. The van der Waals surface area contributed by atoms with Gasteiger partial charge in [0.05, 0.1) is 0 Å². The van der Waals surface area contributed by atoms with E-state index in [0.717, 1.165) is 36.8 Å². The summed E-state index contributed by atoms with van der Waals surface area (Å²) in [6.45, 7) is 3.20. The van der Waals surface area contributed by atoms with Gasteiger partial charge >= 0.3 is 0 Å². The summed E-state index contributed by atoms with van der Waals surface area (Å²) in [5, 5.41) is 3.01. The smallest absolute Gasteiger partial charge is 0.298 e. The van der Waals surface area contributed by atoms with Crippen LogP contribution in [0.1, 0.15) is 12.0 Å². The van der Waals surface area contributed by atoms with Gasteiger partial charge < -0.3 is 9.80 Å². The second kappa shape index (κ2) is 7.10. The molecule has 22 heavy (non-hydrogen) atoms. The van der Waals surface area contributed by atoms with Crippen molar-refractivity contribution in [2.24, 2.45) is 0 Å². The molecule has 1 aromatic carbocycles. The van der Waals surface area contributed by atoms with Crippen LogP contribution in [0.4, 0.5) is 5.13 Å². The molecule has 1 aliphatic rings. The zero-order chi connectivity index (χ0) is 15.2. The normalized spacial score (nSPS) is 14.9. The van der Waals surface area contributed by atoms with Crippen LogP contribution in [-0.2, 0) is 4.79 Å². The first kappa shape index (κ1) is 14.6. The standard InChI is InChI=1S/C17H17N3OS/c21-16(8-7-15-5-2-1-3-6-15)19-10-4-11-20(13-12-19)17-18-9-14-22-17/h1-3,5-6,9,14H,4,10-13H2. The third-order valence-corrected chi connectivity index (χ3v) is 4.39. The van der Waals surface area contributed by atoms with Crippen molar-refractivity contribution < 1.29 is 4.79 Å². The van der Waals surface area contributed by atoms with Gasteiger partial charge in [0.1, 0.15) is 0 Å². The van der Waals surface area contributed by atoms with Crippen LogP contribution in [0.3, 0.4) is 0 Å². The van der Waals surface area contributed by atoms with E-state index in [9.17, 15) is 4.79 Å². The van der Waals surface area contributed by atoms with E-state index in [-0.39, 0.29) is 5.91 Å². The Morgan fingerprint density at radius 3 is 2.77 bits per heavy atom. The first-order chi connectivity index (χ1) is 10.8. The predicted molar refractivity (Wildman–Crippen MR) is 88.8 cm³/mol. The molecule has 4 nitrogen and oxygen atoms in total. The van der Waals surface area contributed by atoms with Crippen molar-refractivity contribution >= 4 is 22.4 Å². The van der Waals surface area contributed by atoms with Crippen LogP contribution in [0.5, 0.6) is 0 Å². The average molecular weight is 311 g/mol. The molecule has 112 valence electrons. The van der Waals surface area contributed by atoms with E-state index in [1.165, 1.54) is 0 Å². The lowest BCUT2D eigenvalue weighted by molar-refractivity contribution is -0.124. The second-order valence-electron chi connectivity index (χ2n) is 5.06. The number of aromatic nitrogens is 1. The molecule has 5 heteroatoms. The Kier molecular flexibility index (Phi) is 4.71. The molecular formula is C17H17N3OS. The van der Waals surface area contributed by atoms with Gasteiger partial charge in [0.2, 0.25) is 0 Å². The quantitative estimate of drug-likeness (QED) is 0.758. The van der Waals surface area contributed by atoms with Gasteiger partial charge in [-0.25, -0.2) is 4.98 Å². The Morgan fingerprint density at radius 2 is 2.00 bits per heavy atom. The SMILES string of the molecule is O=C(C#Cc1ccccc1)N1CCCN(c2nccs2)CC1. The van der Waals surface area contributed by atoms with Gasteiger partial charge in [-0.05, 0) is 18.6 Å². The van der Waals surface area contributed by atoms with Crippen LogP contribution in [0.15, 0.2) is 41.9 Å². The van der Waals surface area contributed by atoms with Crippen LogP contribution in [0.25, 0.3) is 0 Å². The van der Waals surface area contributed by atoms with Crippen LogP contribution < -0.4 is 4.90 Å². The summed E-state index contributed by atoms with van der Waals surface area (Å²) in [6, 6.07) is 9.60. The molecule has 3 rings (SSSR count). The van der Waals surface area contributed by atoms with Crippen molar-refractivity contribution in [3.8, 4) is 11.8 Å². The lowest BCUT2D eigenvalue weighted by atomic mass is 10.2. The molecule has 1 aliphatic heterocycles. The Morgan fingerprint density at radius 1 is 1.14 bits per heavy atom. The fraction of sp³-hybridized carbons (Fsp3) is 0.294. The minimum absolute atomic E-state index is 0.0927. The van der Waals surface area contributed by atoms with Gasteiger partial charge in [0, 0.05) is 49.2 Å².